The monoisotopic (exact) mass is 567 g/mol. The molecule has 0 spiro atoms. The molecule has 1 N–H and O–H groups in total. The molecule has 1 fully saturated rings. The number of carbonyl (C=O) groups is 1. The van der Waals surface area contributed by atoms with Crippen molar-refractivity contribution in [2.45, 2.75) is 24.8 Å². The summed E-state index contributed by atoms with van der Waals surface area (Å²) in [6, 6.07) is 18.1. The van der Waals surface area contributed by atoms with Crippen LogP contribution in [0.4, 0.5) is 0 Å². The van der Waals surface area contributed by atoms with E-state index in [1.807, 2.05) is 12.1 Å². The van der Waals surface area contributed by atoms with Crippen molar-refractivity contribution in [1.29, 1.82) is 0 Å². The Balaban J connectivity index is 0.00000323. The number of hydrogen-bond donors (Lipinski definition) is 1. The van der Waals surface area contributed by atoms with Crippen LogP contribution in [0, 0.1) is 11.8 Å². The normalized spacial score (nSPS) is 22.2. The molecule has 2 heterocycles. The summed E-state index contributed by atoms with van der Waals surface area (Å²) in [6.07, 6.45) is 0.864. The summed E-state index contributed by atoms with van der Waals surface area (Å²) in [5.41, 5.74) is 4.22. The van der Waals surface area contributed by atoms with Crippen LogP contribution in [-0.4, -0.2) is 57.2 Å². The van der Waals surface area contributed by atoms with Crippen LogP contribution in [0.5, 0.6) is 28.7 Å². The van der Waals surface area contributed by atoms with Crippen LogP contribution in [0.1, 0.15) is 40.5 Å². The third kappa shape index (κ3) is 4.90. The number of aromatic hydroxyl groups is 1. The molecular weight excluding hydrogens is 534 g/mol. The third-order valence-corrected chi connectivity index (χ3v) is 8.32. The topological polar surface area (TPSA) is 86.7 Å². The first-order chi connectivity index (χ1) is 19.0. The Morgan fingerprint density at radius 3 is 2.25 bits per heavy atom. The van der Waals surface area contributed by atoms with Gasteiger partial charge in [-0.1, -0.05) is 30.3 Å². The van der Waals surface area contributed by atoms with Crippen LogP contribution in [0.3, 0.4) is 0 Å². The minimum atomic E-state index is -0.388. The summed E-state index contributed by atoms with van der Waals surface area (Å²) in [4.78, 5) is 15.7. The molecule has 0 bridgehead atoms. The maximum atomic E-state index is 13.3. The predicted molar refractivity (Wildman–Crippen MR) is 151 cm³/mol. The molecule has 0 radical (unpaired) electrons. The van der Waals surface area contributed by atoms with E-state index in [2.05, 4.69) is 42.3 Å². The molecule has 0 aromatic heterocycles. The Kier molecular flexibility index (Phi) is 8.01. The second-order valence-corrected chi connectivity index (χ2v) is 10.5. The van der Waals surface area contributed by atoms with E-state index in [1.54, 1.807) is 12.1 Å². The number of methoxy groups -OCH3 is 2. The second-order valence-electron chi connectivity index (χ2n) is 10.5. The number of phenols is 1. The number of esters is 1. The van der Waals surface area contributed by atoms with Crippen molar-refractivity contribution in [3.8, 4) is 28.7 Å². The summed E-state index contributed by atoms with van der Waals surface area (Å²) in [5, 5.41) is 10.6. The smallest absolute Gasteiger partial charge is 0.310 e. The van der Waals surface area contributed by atoms with Gasteiger partial charge in [0.15, 0.2) is 23.0 Å². The van der Waals surface area contributed by atoms with E-state index in [-0.39, 0.29) is 54.6 Å². The molecule has 0 saturated carbocycles. The number of rotatable bonds is 8. The number of benzene rings is 3. The van der Waals surface area contributed by atoms with E-state index in [0.717, 1.165) is 42.0 Å². The van der Waals surface area contributed by atoms with Crippen molar-refractivity contribution in [1.82, 2.24) is 4.90 Å². The quantitative estimate of drug-likeness (QED) is 0.376. The van der Waals surface area contributed by atoms with Crippen LogP contribution < -0.4 is 18.9 Å². The Morgan fingerprint density at radius 2 is 1.60 bits per heavy atom. The summed E-state index contributed by atoms with van der Waals surface area (Å²) in [7, 11) is 5.13. The molecule has 2 aliphatic heterocycles. The minimum Gasteiger partial charge on any atom is -0.502 e. The van der Waals surface area contributed by atoms with Crippen molar-refractivity contribution in [3.05, 3.63) is 76.9 Å². The molecule has 1 aliphatic carbocycles. The average molecular weight is 568 g/mol. The highest BCUT2D eigenvalue weighted by Gasteiger charge is 2.52. The Morgan fingerprint density at radius 1 is 0.950 bits per heavy atom. The SMILES string of the molecule is COc1cc([C@@H]2c3cc4c(cc3[C@@H](CCN(C)Cc3ccccc3)C3COC(=O)[C@@H]32)OCO4)cc(OC)c1O.Cl. The van der Waals surface area contributed by atoms with Gasteiger partial charge < -0.3 is 33.7 Å². The highest BCUT2D eigenvalue weighted by molar-refractivity contribution is 5.85. The summed E-state index contributed by atoms with van der Waals surface area (Å²) >= 11 is 0. The lowest BCUT2D eigenvalue weighted by molar-refractivity contribution is -0.141. The van der Waals surface area contributed by atoms with Gasteiger partial charge in [-0.2, -0.15) is 0 Å². The number of cyclic esters (lactones) is 1. The van der Waals surface area contributed by atoms with Crippen LogP contribution in [-0.2, 0) is 16.1 Å². The molecule has 8 nitrogen and oxygen atoms in total. The fraction of sp³-hybridized carbons (Fsp3) is 0.387. The van der Waals surface area contributed by atoms with E-state index in [1.165, 1.54) is 19.8 Å². The molecule has 6 rings (SSSR count). The molecule has 9 heteroatoms. The van der Waals surface area contributed by atoms with Gasteiger partial charge in [-0.25, -0.2) is 0 Å². The zero-order chi connectivity index (χ0) is 27.1. The van der Waals surface area contributed by atoms with Gasteiger partial charge in [0.05, 0.1) is 26.7 Å². The number of ether oxygens (including phenoxy) is 5. The average Bonchev–Trinajstić information content (AvgIpc) is 3.57. The molecule has 212 valence electrons. The zero-order valence-corrected chi connectivity index (χ0v) is 23.6. The maximum Gasteiger partial charge on any atom is 0.310 e. The summed E-state index contributed by atoms with van der Waals surface area (Å²) in [5.74, 6) is 1.07. The van der Waals surface area contributed by atoms with E-state index < -0.39 is 0 Å². The standard InChI is InChI=1S/C31H33NO7.ClH/c1-32(15-18-7-5-4-6-8-18)10-9-20-21-13-24-25(39-17-38-24)14-22(21)28(29-23(20)16-37-31(29)34)19-11-26(35-2)30(33)27(12-19)36-3;/h4-8,11-14,20,23,28-29,33H,9-10,15-17H2,1-3H3;1H/t20-,23?,28-,29+;/m1./s1. The molecule has 1 saturated heterocycles. The van der Waals surface area contributed by atoms with Gasteiger partial charge in [-0.15, -0.1) is 12.4 Å². The first kappa shape index (κ1) is 27.9. The van der Waals surface area contributed by atoms with E-state index in [0.29, 0.717) is 23.9 Å². The molecule has 0 amide bonds. The Bertz CT molecular complexity index is 1360. The van der Waals surface area contributed by atoms with Gasteiger partial charge in [-0.3, -0.25) is 4.79 Å². The number of hydrogen-bond acceptors (Lipinski definition) is 8. The molecule has 3 aromatic carbocycles. The van der Waals surface area contributed by atoms with Crippen molar-refractivity contribution >= 4 is 18.4 Å². The van der Waals surface area contributed by atoms with Crippen molar-refractivity contribution in [3.63, 3.8) is 0 Å². The van der Waals surface area contributed by atoms with E-state index in [9.17, 15) is 9.90 Å². The van der Waals surface area contributed by atoms with Gasteiger partial charge in [0.2, 0.25) is 12.5 Å². The van der Waals surface area contributed by atoms with E-state index in [4.69, 9.17) is 23.7 Å². The van der Waals surface area contributed by atoms with Gasteiger partial charge >= 0.3 is 5.97 Å². The number of carbonyl (C=O) groups excluding carboxylic acids is 1. The largest absolute Gasteiger partial charge is 0.502 e. The summed E-state index contributed by atoms with van der Waals surface area (Å²) < 4.78 is 28.2. The first-order valence-electron chi connectivity index (χ1n) is 13.3. The van der Waals surface area contributed by atoms with Gasteiger partial charge in [0.25, 0.3) is 0 Å². The molecule has 3 aliphatic rings. The molecule has 4 atom stereocenters. The molecular formula is C31H34ClNO7. The fourth-order valence-electron chi connectivity index (χ4n) is 6.47. The molecule has 40 heavy (non-hydrogen) atoms. The number of halogens is 1. The highest BCUT2D eigenvalue weighted by atomic mass is 35.5. The number of nitrogens with zero attached hydrogens (tertiary/aromatic N) is 1. The van der Waals surface area contributed by atoms with Crippen molar-refractivity contribution in [2.24, 2.45) is 11.8 Å². The minimum absolute atomic E-state index is 0. The predicted octanol–water partition coefficient (Wildman–Crippen LogP) is 5.10. The fourth-order valence-corrected chi connectivity index (χ4v) is 6.47. The zero-order valence-electron chi connectivity index (χ0n) is 22.8. The third-order valence-electron chi connectivity index (χ3n) is 8.32. The van der Waals surface area contributed by atoms with Crippen LogP contribution >= 0.6 is 12.4 Å². The lowest BCUT2D eigenvalue weighted by Gasteiger charge is -2.40. The van der Waals surface area contributed by atoms with Crippen molar-refractivity contribution in [2.75, 3.05) is 41.2 Å². The van der Waals surface area contributed by atoms with Crippen LogP contribution in [0.25, 0.3) is 0 Å². The second kappa shape index (κ2) is 11.5. The Hall–Kier alpha value is -3.62. The molecule has 1 unspecified atom stereocenters. The highest BCUT2D eigenvalue weighted by Crippen LogP contribution is 2.57. The Labute approximate surface area is 240 Å². The molecule has 3 aromatic rings. The summed E-state index contributed by atoms with van der Waals surface area (Å²) in [6.45, 7) is 2.24. The lowest BCUT2D eigenvalue weighted by atomic mass is 9.62. The van der Waals surface area contributed by atoms with Gasteiger partial charge in [0, 0.05) is 18.4 Å². The first-order valence-corrected chi connectivity index (χ1v) is 13.3. The van der Waals surface area contributed by atoms with Crippen LogP contribution in [0.2, 0.25) is 0 Å². The van der Waals surface area contributed by atoms with Crippen LogP contribution in [0.15, 0.2) is 54.6 Å². The maximum absolute atomic E-state index is 13.3. The van der Waals surface area contributed by atoms with E-state index >= 15 is 0 Å². The van der Waals surface area contributed by atoms with Gasteiger partial charge in [0.1, 0.15) is 0 Å². The number of phenolic OH excluding ortho intramolecular Hbond substituents is 1. The van der Waals surface area contributed by atoms with Gasteiger partial charge in [-0.05, 0) is 72.5 Å². The number of fused-ring (bicyclic) bond motifs is 3. The lowest BCUT2D eigenvalue weighted by Crippen LogP contribution is -2.36. The van der Waals surface area contributed by atoms with Crippen molar-refractivity contribution < 1.29 is 33.6 Å².